The normalized spacial score (nSPS) is 11.5. The average Bonchev–Trinajstić information content (AvgIpc) is 2.50. The third-order valence-corrected chi connectivity index (χ3v) is 4.67. The van der Waals surface area contributed by atoms with E-state index in [1.807, 2.05) is 13.8 Å². The summed E-state index contributed by atoms with van der Waals surface area (Å²) in [6.45, 7) is 6.49. The van der Waals surface area contributed by atoms with Crippen molar-refractivity contribution in [2.75, 3.05) is 33.4 Å². The molecule has 7 nitrogen and oxygen atoms in total. The number of amides is 1. The number of hydrogen-bond donors (Lipinski definition) is 1. The lowest BCUT2D eigenvalue weighted by atomic mass is 10.3. The fourth-order valence-corrected chi connectivity index (χ4v) is 3.02. The molecule has 0 saturated carbocycles. The summed E-state index contributed by atoms with van der Waals surface area (Å²) in [7, 11) is -2.07. The van der Waals surface area contributed by atoms with Crippen molar-refractivity contribution in [1.82, 2.24) is 9.62 Å². The molecule has 8 heteroatoms. The summed E-state index contributed by atoms with van der Waals surface area (Å²) in [6.07, 6.45) is 0.0234. The van der Waals surface area contributed by atoms with Crippen LogP contribution in [-0.2, 0) is 19.6 Å². The molecule has 0 aromatic heterocycles. The maximum absolute atomic E-state index is 12.3. The fourth-order valence-electron chi connectivity index (χ4n) is 2.00. The molecule has 1 amide bonds. The van der Waals surface area contributed by atoms with Gasteiger partial charge in [-0.15, -0.1) is 0 Å². The lowest BCUT2D eigenvalue weighted by Gasteiger charge is -2.20. The van der Waals surface area contributed by atoms with Crippen LogP contribution in [0.25, 0.3) is 0 Å². The van der Waals surface area contributed by atoms with E-state index < -0.39 is 10.0 Å². The molecule has 0 atom stereocenters. The lowest BCUT2D eigenvalue weighted by molar-refractivity contribution is -0.129. The van der Waals surface area contributed by atoms with Crippen LogP contribution < -0.4 is 9.46 Å². The molecule has 24 heavy (non-hydrogen) atoms. The van der Waals surface area contributed by atoms with Gasteiger partial charge in [0, 0.05) is 33.7 Å². The van der Waals surface area contributed by atoms with Gasteiger partial charge in [0.2, 0.25) is 15.9 Å². The van der Waals surface area contributed by atoms with E-state index in [0.717, 1.165) is 0 Å². The molecule has 0 unspecified atom stereocenters. The van der Waals surface area contributed by atoms with Gasteiger partial charge < -0.3 is 14.4 Å². The molecule has 0 radical (unpaired) electrons. The van der Waals surface area contributed by atoms with Gasteiger partial charge in [-0.3, -0.25) is 4.79 Å². The quantitative estimate of drug-likeness (QED) is 0.680. The highest BCUT2D eigenvalue weighted by Crippen LogP contribution is 2.16. The standard InChI is InChI=1S/C16H26N2O5S/c1-13(2)23-15-5-7-16(8-6-15)24(20,21)17-9-10-18(14(3)19)11-12-22-4/h5-8,13,17H,9-12H2,1-4H3. The molecule has 1 aromatic rings. The molecule has 0 saturated heterocycles. The van der Waals surface area contributed by atoms with E-state index >= 15 is 0 Å². The van der Waals surface area contributed by atoms with E-state index in [9.17, 15) is 13.2 Å². The van der Waals surface area contributed by atoms with Gasteiger partial charge in [0.1, 0.15) is 5.75 Å². The van der Waals surface area contributed by atoms with Gasteiger partial charge in [0.25, 0.3) is 0 Å². The van der Waals surface area contributed by atoms with Gasteiger partial charge in [-0.2, -0.15) is 0 Å². The second-order valence-electron chi connectivity index (χ2n) is 5.53. The van der Waals surface area contributed by atoms with Gasteiger partial charge in [-0.05, 0) is 38.1 Å². The monoisotopic (exact) mass is 358 g/mol. The molecule has 1 N–H and O–H groups in total. The average molecular weight is 358 g/mol. The SMILES string of the molecule is COCCN(CCNS(=O)(=O)c1ccc(OC(C)C)cc1)C(C)=O. The summed E-state index contributed by atoms with van der Waals surface area (Å²) in [5.74, 6) is 0.493. The van der Waals surface area contributed by atoms with Gasteiger partial charge in [0.05, 0.1) is 17.6 Å². The van der Waals surface area contributed by atoms with E-state index in [2.05, 4.69) is 4.72 Å². The first-order chi connectivity index (χ1) is 11.3. The van der Waals surface area contributed by atoms with Crippen LogP contribution in [0.15, 0.2) is 29.2 Å². The third-order valence-electron chi connectivity index (χ3n) is 3.19. The van der Waals surface area contributed by atoms with Crippen molar-refractivity contribution in [2.45, 2.75) is 31.8 Å². The summed E-state index contributed by atoms with van der Waals surface area (Å²) in [6, 6.07) is 6.23. The molecular weight excluding hydrogens is 332 g/mol. The smallest absolute Gasteiger partial charge is 0.240 e. The molecule has 0 spiro atoms. The first-order valence-corrected chi connectivity index (χ1v) is 9.25. The van der Waals surface area contributed by atoms with Crippen molar-refractivity contribution >= 4 is 15.9 Å². The van der Waals surface area contributed by atoms with Crippen LogP contribution in [0.1, 0.15) is 20.8 Å². The number of hydrogen-bond acceptors (Lipinski definition) is 5. The zero-order valence-corrected chi connectivity index (χ0v) is 15.4. The Bertz CT molecular complexity index is 614. The predicted octanol–water partition coefficient (Wildman–Crippen LogP) is 1.25. The first kappa shape index (κ1) is 20.4. The number of ether oxygens (including phenoxy) is 2. The minimum absolute atomic E-state index is 0.0234. The summed E-state index contributed by atoms with van der Waals surface area (Å²) >= 11 is 0. The highest BCUT2D eigenvalue weighted by Gasteiger charge is 2.15. The number of nitrogens with one attached hydrogen (secondary N) is 1. The van der Waals surface area contributed by atoms with Crippen molar-refractivity contribution in [3.63, 3.8) is 0 Å². The summed E-state index contributed by atoms with van der Waals surface area (Å²) < 4.78 is 37.4. The van der Waals surface area contributed by atoms with Crippen molar-refractivity contribution < 1.29 is 22.7 Å². The highest BCUT2D eigenvalue weighted by molar-refractivity contribution is 7.89. The molecular formula is C16H26N2O5S. The summed E-state index contributed by atoms with van der Waals surface area (Å²) in [4.78, 5) is 13.2. The number of nitrogens with zero attached hydrogens (tertiary/aromatic N) is 1. The van der Waals surface area contributed by atoms with E-state index in [1.54, 1.807) is 19.2 Å². The Hall–Kier alpha value is -1.64. The minimum atomic E-state index is -3.62. The topological polar surface area (TPSA) is 84.9 Å². The number of carbonyl (C=O) groups excluding carboxylic acids is 1. The maximum atomic E-state index is 12.3. The molecule has 136 valence electrons. The van der Waals surface area contributed by atoms with Gasteiger partial charge >= 0.3 is 0 Å². The third kappa shape index (κ3) is 6.86. The number of sulfonamides is 1. The van der Waals surface area contributed by atoms with Gasteiger partial charge in [-0.25, -0.2) is 13.1 Å². The second-order valence-corrected chi connectivity index (χ2v) is 7.30. The van der Waals surface area contributed by atoms with Crippen LogP contribution in [0.2, 0.25) is 0 Å². The highest BCUT2D eigenvalue weighted by atomic mass is 32.2. The van der Waals surface area contributed by atoms with E-state index in [1.165, 1.54) is 24.0 Å². The Balaban J connectivity index is 2.61. The van der Waals surface area contributed by atoms with Crippen LogP contribution in [0.5, 0.6) is 5.75 Å². The molecule has 0 fully saturated rings. The van der Waals surface area contributed by atoms with Crippen LogP contribution in [0.3, 0.4) is 0 Å². The van der Waals surface area contributed by atoms with Gasteiger partial charge in [0.15, 0.2) is 0 Å². The van der Waals surface area contributed by atoms with E-state index in [-0.39, 0.29) is 30.0 Å². The lowest BCUT2D eigenvalue weighted by Crippen LogP contribution is -2.39. The molecule has 1 rings (SSSR count). The molecule has 0 heterocycles. The van der Waals surface area contributed by atoms with Crippen LogP contribution in [0.4, 0.5) is 0 Å². The maximum Gasteiger partial charge on any atom is 0.240 e. The van der Waals surface area contributed by atoms with Gasteiger partial charge in [-0.1, -0.05) is 0 Å². The molecule has 0 aliphatic heterocycles. The van der Waals surface area contributed by atoms with Crippen LogP contribution in [-0.4, -0.2) is 58.7 Å². The molecule has 1 aromatic carbocycles. The van der Waals surface area contributed by atoms with Crippen molar-refractivity contribution in [1.29, 1.82) is 0 Å². The Morgan fingerprint density at radius 3 is 2.33 bits per heavy atom. The van der Waals surface area contributed by atoms with Crippen molar-refractivity contribution in [2.24, 2.45) is 0 Å². The minimum Gasteiger partial charge on any atom is -0.491 e. The number of rotatable bonds is 10. The van der Waals surface area contributed by atoms with Crippen LogP contribution in [0, 0.1) is 0 Å². The Labute approximate surface area is 144 Å². The molecule has 0 bridgehead atoms. The van der Waals surface area contributed by atoms with Crippen molar-refractivity contribution in [3.8, 4) is 5.75 Å². The number of benzene rings is 1. The second kappa shape index (κ2) is 9.61. The van der Waals surface area contributed by atoms with Crippen LogP contribution >= 0.6 is 0 Å². The Kier molecular flexibility index (Phi) is 8.17. The predicted molar refractivity (Wildman–Crippen MR) is 91.5 cm³/mol. The number of methoxy groups -OCH3 is 1. The molecule has 0 aliphatic carbocycles. The zero-order chi connectivity index (χ0) is 18.2. The van der Waals surface area contributed by atoms with Crippen molar-refractivity contribution in [3.05, 3.63) is 24.3 Å². The Morgan fingerprint density at radius 1 is 1.21 bits per heavy atom. The van der Waals surface area contributed by atoms with E-state index in [0.29, 0.717) is 18.9 Å². The summed E-state index contributed by atoms with van der Waals surface area (Å²) in [5, 5.41) is 0. The Morgan fingerprint density at radius 2 is 1.83 bits per heavy atom. The first-order valence-electron chi connectivity index (χ1n) is 7.77. The largest absolute Gasteiger partial charge is 0.491 e. The summed E-state index contributed by atoms with van der Waals surface area (Å²) in [5.41, 5.74) is 0. The van der Waals surface area contributed by atoms with E-state index in [4.69, 9.17) is 9.47 Å². The number of carbonyl (C=O) groups is 1. The fraction of sp³-hybridized carbons (Fsp3) is 0.562. The molecule has 0 aliphatic rings. The zero-order valence-electron chi connectivity index (χ0n) is 14.6.